The Balaban J connectivity index is 1.91. The molecule has 0 aliphatic heterocycles. The standard InChI is InChI=1S/C13H15N3O3S/c17-11-6-9(8-4-2-1-3-5-8)15-16(11)13-14-10(7-20-13)12(18)19/h6-8,15H,1-5H2,(H,18,19). The molecule has 1 saturated carbocycles. The number of carboxylic acids is 1. The summed E-state index contributed by atoms with van der Waals surface area (Å²) in [6.07, 6.45) is 5.84. The highest BCUT2D eigenvalue weighted by molar-refractivity contribution is 7.12. The van der Waals surface area contributed by atoms with Gasteiger partial charge in [-0.25, -0.2) is 9.78 Å². The number of thiazole rings is 1. The molecule has 106 valence electrons. The molecular formula is C13H15N3O3S. The van der Waals surface area contributed by atoms with E-state index in [-0.39, 0.29) is 11.3 Å². The fourth-order valence-corrected chi connectivity index (χ4v) is 3.41. The maximum atomic E-state index is 12.0. The highest BCUT2D eigenvalue weighted by Gasteiger charge is 2.20. The molecule has 0 amide bonds. The van der Waals surface area contributed by atoms with E-state index >= 15 is 0 Å². The molecule has 0 atom stereocenters. The Kier molecular flexibility index (Phi) is 3.43. The largest absolute Gasteiger partial charge is 0.476 e. The van der Waals surface area contributed by atoms with Gasteiger partial charge in [-0.2, -0.15) is 4.68 Å². The molecule has 0 radical (unpaired) electrons. The summed E-state index contributed by atoms with van der Waals surface area (Å²) in [7, 11) is 0. The van der Waals surface area contributed by atoms with Crippen LogP contribution < -0.4 is 5.56 Å². The molecule has 2 aromatic heterocycles. The summed E-state index contributed by atoms with van der Waals surface area (Å²) in [6, 6.07) is 1.61. The normalized spacial score (nSPS) is 16.4. The topological polar surface area (TPSA) is 88.0 Å². The average molecular weight is 293 g/mol. The molecule has 0 unspecified atom stereocenters. The van der Waals surface area contributed by atoms with Crippen molar-refractivity contribution < 1.29 is 9.90 Å². The van der Waals surface area contributed by atoms with Crippen LogP contribution in [0.5, 0.6) is 0 Å². The average Bonchev–Trinajstić information content (AvgIpc) is 3.06. The molecule has 1 aliphatic rings. The van der Waals surface area contributed by atoms with Gasteiger partial charge in [0, 0.05) is 23.1 Å². The van der Waals surface area contributed by atoms with Crippen molar-refractivity contribution in [3.8, 4) is 5.13 Å². The minimum absolute atomic E-state index is 0.0364. The van der Waals surface area contributed by atoms with Crippen LogP contribution in [0.1, 0.15) is 54.2 Å². The predicted molar refractivity (Wildman–Crippen MR) is 74.8 cm³/mol. The van der Waals surface area contributed by atoms with Crippen LogP contribution in [0.15, 0.2) is 16.2 Å². The van der Waals surface area contributed by atoms with Crippen molar-refractivity contribution in [1.29, 1.82) is 0 Å². The molecule has 6 nitrogen and oxygen atoms in total. The quantitative estimate of drug-likeness (QED) is 0.909. The molecule has 7 heteroatoms. The van der Waals surface area contributed by atoms with E-state index in [1.54, 1.807) is 6.07 Å². The van der Waals surface area contributed by atoms with Crippen LogP contribution in [-0.2, 0) is 0 Å². The van der Waals surface area contributed by atoms with E-state index in [1.807, 2.05) is 0 Å². The van der Waals surface area contributed by atoms with Gasteiger partial charge in [-0.1, -0.05) is 19.3 Å². The Hall–Kier alpha value is -1.89. The molecule has 1 fully saturated rings. The molecule has 2 N–H and O–H groups in total. The Morgan fingerprint density at radius 3 is 2.80 bits per heavy atom. The van der Waals surface area contributed by atoms with Crippen molar-refractivity contribution >= 4 is 17.3 Å². The summed E-state index contributed by atoms with van der Waals surface area (Å²) in [6.45, 7) is 0. The number of hydrogen-bond acceptors (Lipinski definition) is 4. The van der Waals surface area contributed by atoms with E-state index in [1.165, 1.54) is 29.3 Å². The van der Waals surface area contributed by atoms with E-state index in [9.17, 15) is 9.59 Å². The fourth-order valence-electron chi connectivity index (χ4n) is 2.64. The van der Waals surface area contributed by atoms with Crippen molar-refractivity contribution in [3.05, 3.63) is 33.2 Å². The lowest BCUT2D eigenvalue weighted by Gasteiger charge is -2.19. The predicted octanol–water partition coefficient (Wildman–Crippen LogP) is 2.37. The van der Waals surface area contributed by atoms with Gasteiger partial charge in [0.05, 0.1) is 0 Å². The smallest absolute Gasteiger partial charge is 0.355 e. The number of nitrogens with one attached hydrogen (secondary N) is 1. The summed E-state index contributed by atoms with van der Waals surface area (Å²) in [4.78, 5) is 26.8. The molecule has 0 aromatic carbocycles. The highest BCUT2D eigenvalue weighted by atomic mass is 32.1. The van der Waals surface area contributed by atoms with Gasteiger partial charge in [0.25, 0.3) is 5.56 Å². The molecule has 2 heterocycles. The van der Waals surface area contributed by atoms with Gasteiger partial charge in [-0.3, -0.25) is 9.89 Å². The van der Waals surface area contributed by atoms with Gasteiger partial charge in [0.15, 0.2) is 5.69 Å². The zero-order valence-electron chi connectivity index (χ0n) is 10.8. The van der Waals surface area contributed by atoms with Gasteiger partial charge in [-0.15, -0.1) is 11.3 Å². The van der Waals surface area contributed by atoms with Crippen molar-refractivity contribution in [2.75, 3.05) is 0 Å². The van der Waals surface area contributed by atoms with Crippen LogP contribution in [0, 0.1) is 0 Å². The summed E-state index contributed by atoms with van der Waals surface area (Å²) in [5, 5.41) is 13.8. The number of rotatable bonds is 3. The Morgan fingerprint density at radius 1 is 1.40 bits per heavy atom. The van der Waals surface area contributed by atoms with E-state index in [0.29, 0.717) is 11.0 Å². The minimum atomic E-state index is -1.08. The molecule has 0 spiro atoms. The van der Waals surface area contributed by atoms with Gasteiger partial charge >= 0.3 is 5.97 Å². The van der Waals surface area contributed by atoms with Crippen molar-refractivity contribution in [1.82, 2.24) is 14.8 Å². The number of aromatic amines is 1. The Labute approximate surface area is 119 Å². The zero-order valence-corrected chi connectivity index (χ0v) is 11.7. The second kappa shape index (κ2) is 5.24. The summed E-state index contributed by atoms with van der Waals surface area (Å²) in [5.41, 5.74) is 0.712. The minimum Gasteiger partial charge on any atom is -0.476 e. The maximum absolute atomic E-state index is 12.0. The lowest BCUT2D eigenvalue weighted by molar-refractivity contribution is 0.0691. The second-order valence-corrected chi connectivity index (χ2v) is 5.88. The monoisotopic (exact) mass is 293 g/mol. The van der Waals surface area contributed by atoms with Crippen LogP contribution in [0.2, 0.25) is 0 Å². The van der Waals surface area contributed by atoms with Gasteiger partial charge < -0.3 is 5.11 Å². The number of carbonyl (C=O) groups is 1. The van der Waals surface area contributed by atoms with Crippen LogP contribution in [0.3, 0.4) is 0 Å². The number of H-pyrrole nitrogens is 1. The van der Waals surface area contributed by atoms with Crippen LogP contribution in [0.4, 0.5) is 0 Å². The zero-order chi connectivity index (χ0) is 14.1. The molecular weight excluding hydrogens is 278 g/mol. The Morgan fingerprint density at radius 2 is 2.15 bits per heavy atom. The molecule has 0 saturated heterocycles. The lowest BCUT2D eigenvalue weighted by Crippen LogP contribution is -2.13. The van der Waals surface area contributed by atoms with Crippen molar-refractivity contribution in [2.24, 2.45) is 0 Å². The third-order valence-electron chi connectivity index (χ3n) is 3.69. The van der Waals surface area contributed by atoms with Crippen molar-refractivity contribution in [3.63, 3.8) is 0 Å². The summed E-state index contributed by atoms with van der Waals surface area (Å²) in [5.74, 6) is -0.684. The molecule has 3 rings (SSSR count). The van der Waals surface area contributed by atoms with Gasteiger partial charge in [-0.05, 0) is 12.8 Å². The summed E-state index contributed by atoms with van der Waals surface area (Å²) >= 11 is 1.14. The number of aromatic carboxylic acids is 1. The van der Waals surface area contributed by atoms with Gasteiger partial charge in [0.1, 0.15) is 0 Å². The number of hydrogen-bond donors (Lipinski definition) is 2. The number of aromatic nitrogens is 3. The first-order valence-corrected chi connectivity index (χ1v) is 7.54. The van der Waals surface area contributed by atoms with Gasteiger partial charge in [0.2, 0.25) is 5.13 Å². The lowest BCUT2D eigenvalue weighted by atomic mass is 9.87. The van der Waals surface area contributed by atoms with Crippen LogP contribution in [0.25, 0.3) is 5.13 Å². The molecule has 2 aromatic rings. The SMILES string of the molecule is O=C(O)c1csc(-n2[nH]c(C3CCCCC3)cc2=O)n1. The number of carboxylic acid groups (broad SMARTS) is 1. The first-order chi connectivity index (χ1) is 9.65. The molecule has 1 aliphatic carbocycles. The third kappa shape index (κ3) is 2.40. The molecule has 20 heavy (non-hydrogen) atoms. The van der Waals surface area contributed by atoms with E-state index in [0.717, 1.165) is 29.9 Å². The van der Waals surface area contributed by atoms with Crippen molar-refractivity contribution in [2.45, 2.75) is 38.0 Å². The maximum Gasteiger partial charge on any atom is 0.355 e. The number of nitrogens with zero attached hydrogens (tertiary/aromatic N) is 2. The molecule has 0 bridgehead atoms. The summed E-state index contributed by atoms with van der Waals surface area (Å²) < 4.78 is 1.33. The fraction of sp³-hybridized carbons (Fsp3) is 0.462. The van der Waals surface area contributed by atoms with Crippen LogP contribution >= 0.6 is 11.3 Å². The van der Waals surface area contributed by atoms with E-state index in [4.69, 9.17) is 5.11 Å². The third-order valence-corrected chi connectivity index (χ3v) is 4.51. The first kappa shape index (κ1) is 13.1. The van der Waals surface area contributed by atoms with E-state index < -0.39 is 5.97 Å². The second-order valence-electron chi connectivity index (χ2n) is 5.04. The van der Waals surface area contributed by atoms with Crippen LogP contribution in [-0.4, -0.2) is 25.8 Å². The Bertz CT molecular complexity index is 679. The van der Waals surface area contributed by atoms with E-state index in [2.05, 4.69) is 10.1 Å². The first-order valence-electron chi connectivity index (χ1n) is 6.66. The highest BCUT2D eigenvalue weighted by Crippen LogP contribution is 2.31.